The van der Waals surface area contributed by atoms with Gasteiger partial charge in [0.2, 0.25) is 15.9 Å². The molecule has 1 amide bonds. The standard InChI is InChI=1S/C22H34N2O3S/c1-17-8-14-21(15-9-17)28(26,27)23-16-18-10-12-19(13-11-18)22(25)24(2)20-6-4-3-5-7-20/h8-9,14-15,18-20,23H,3-7,10-13,16H2,1-2H3. The number of amides is 1. The highest BCUT2D eigenvalue weighted by Crippen LogP contribution is 2.31. The quantitative estimate of drug-likeness (QED) is 0.780. The number of carbonyl (C=O) groups excluding carboxylic acids is 1. The molecule has 2 saturated carbocycles. The lowest BCUT2D eigenvalue weighted by molar-refractivity contribution is -0.138. The van der Waals surface area contributed by atoms with Crippen molar-refractivity contribution >= 4 is 15.9 Å². The number of carbonyl (C=O) groups is 1. The van der Waals surface area contributed by atoms with E-state index in [0.717, 1.165) is 44.1 Å². The molecule has 28 heavy (non-hydrogen) atoms. The minimum Gasteiger partial charge on any atom is -0.343 e. The van der Waals surface area contributed by atoms with Gasteiger partial charge in [-0.3, -0.25) is 4.79 Å². The summed E-state index contributed by atoms with van der Waals surface area (Å²) in [6.07, 6.45) is 9.58. The summed E-state index contributed by atoms with van der Waals surface area (Å²) in [6, 6.07) is 7.34. The van der Waals surface area contributed by atoms with E-state index in [4.69, 9.17) is 0 Å². The molecule has 2 fully saturated rings. The summed E-state index contributed by atoms with van der Waals surface area (Å²) in [7, 11) is -1.49. The van der Waals surface area contributed by atoms with Gasteiger partial charge >= 0.3 is 0 Å². The van der Waals surface area contributed by atoms with E-state index in [1.165, 1.54) is 19.3 Å². The zero-order chi connectivity index (χ0) is 20.1. The molecule has 6 heteroatoms. The largest absolute Gasteiger partial charge is 0.343 e. The molecular weight excluding hydrogens is 372 g/mol. The first kappa shape index (κ1) is 21.3. The van der Waals surface area contributed by atoms with Crippen LogP contribution in [0.5, 0.6) is 0 Å². The Labute approximate surface area is 169 Å². The van der Waals surface area contributed by atoms with Gasteiger partial charge in [-0.15, -0.1) is 0 Å². The molecule has 0 aliphatic heterocycles. The van der Waals surface area contributed by atoms with Gasteiger partial charge in [-0.05, 0) is 63.5 Å². The third-order valence-corrected chi connectivity index (χ3v) is 8.00. The van der Waals surface area contributed by atoms with E-state index in [0.29, 0.717) is 29.3 Å². The Morgan fingerprint density at radius 1 is 1.00 bits per heavy atom. The molecule has 0 saturated heterocycles. The second kappa shape index (κ2) is 9.40. The zero-order valence-corrected chi connectivity index (χ0v) is 18.0. The number of nitrogens with zero attached hydrogens (tertiary/aromatic N) is 1. The fraction of sp³-hybridized carbons (Fsp3) is 0.682. The van der Waals surface area contributed by atoms with Crippen LogP contribution >= 0.6 is 0 Å². The summed E-state index contributed by atoms with van der Waals surface area (Å²) in [5.41, 5.74) is 1.04. The van der Waals surface area contributed by atoms with Crippen LogP contribution in [0.4, 0.5) is 0 Å². The van der Waals surface area contributed by atoms with E-state index in [1.54, 1.807) is 12.1 Å². The molecule has 0 radical (unpaired) electrons. The van der Waals surface area contributed by atoms with Crippen LogP contribution < -0.4 is 4.72 Å². The van der Waals surface area contributed by atoms with Crippen molar-refractivity contribution in [1.82, 2.24) is 9.62 Å². The first-order chi connectivity index (χ1) is 13.4. The highest BCUT2D eigenvalue weighted by atomic mass is 32.2. The van der Waals surface area contributed by atoms with Gasteiger partial charge in [0.15, 0.2) is 0 Å². The molecule has 0 aromatic heterocycles. The topological polar surface area (TPSA) is 66.5 Å². The Morgan fingerprint density at radius 3 is 2.21 bits per heavy atom. The fourth-order valence-corrected chi connectivity index (χ4v) is 5.69. The Morgan fingerprint density at radius 2 is 1.61 bits per heavy atom. The molecule has 1 aromatic rings. The van der Waals surface area contributed by atoms with Crippen molar-refractivity contribution in [3.05, 3.63) is 29.8 Å². The first-order valence-electron chi connectivity index (χ1n) is 10.7. The van der Waals surface area contributed by atoms with Crippen molar-refractivity contribution in [3.63, 3.8) is 0 Å². The van der Waals surface area contributed by atoms with Crippen molar-refractivity contribution in [3.8, 4) is 0 Å². The van der Waals surface area contributed by atoms with Crippen LogP contribution in [-0.4, -0.2) is 38.9 Å². The summed E-state index contributed by atoms with van der Waals surface area (Å²) >= 11 is 0. The molecule has 3 rings (SSSR count). The predicted molar refractivity (Wildman–Crippen MR) is 111 cm³/mol. The maximum absolute atomic E-state index is 12.8. The summed E-state index contributed by atoms with van der Waals surface area (Å²) in [6.45, 7) is 2.39. The van der Waals surface area contributed by atoms with Crippen LogP contribution in [0.25, 0.3) is 0 Å². The molecule has 0 bridgehead atoms. The van der Waals surface area contributed by atoms with E-state index >= 15 is 0 Å². The Bertz CT molecular complexity index is 746. The summed E-state index contributed by atoms with van der Waals surface area (Å²) in [5.74, 6) is 0.715. The van der Waals surface area contributed by atoms with E-state index in [-0.39, 0.29) is 5.92 Å². The van der Waals surface area contributed by atoms with Crippen LogP contribution in [0.1, 0.15) is 63.4 Å². The number of rotatable bonds is 6. The Hall–Kier alpha value is -1.40. The first-order valence-corrected chi connectivity index (χ1v) is 12.2. The van der Waals surface area contributed by atoms with Gasteiger partial charge in [0.25, 0.3) is 0 Å². The molecule has 2 aliphatic carbocycles. The van der Waals surface area contributed by atoms with Crippen molar-refractivity contribution < 1.29 is 13.2 Å². The normalized spacial score (nSPS) is 24.1. The second-order valence-corrected chi connectivity index (χ2v) is 10.4. The molecule has 0 atom stereocenters. The number of sulfonamides is 1. The predicted octanol–water partition coefficient (Wildman–Crippen LogP) is 3.87. The van der Waals surface area contributed by atoms with Gasteiger partial charge in [0.1, 0.15) is 0 Å². The van der Waals surface area contributed by atoms with Crippen LogP contribution in [0.3, 0.4) is 0 Å². The van der Waals surface area contributed by atoms with Crippen molar-refractivity contribution in [1.29, 1.82) is 0 Å². The van der Waals surface area contributed by atoms with Gasteiger partial charge in [-0.1, -0.05) is 37.0 Å². The van der Waals surface area contributed by atoms with Gasteiger partial charge in [0.05, 0.1) is 4.90 Å². The molecule has 0 spiro atoms. The lowest BCUT2D eigenvalue weighted by atomic mass is 9.81. The minimum atomic E-state index is -3.46. The molecule has 0 heterocycles. The van der Waals surface area contributed by atoms with E-state index in [2.05, 4.69) is 4.72 Å². The molecule has 1 N–H and O–H groups in total. The Kier molecular flexibility index (Phi) is 7.15. The Balaban J connectivity index is 1.46. The second-order valence-electron chi connectivity index (χ2n) is 8.62. The summed E-state index contributed by atoms with van der Waals surface area (Å²) < 4.78 is 27.7. The number of benzene rings is 1. The molecular formula is C22H34N2O3S. The van der Waals surface area contributed by atoms with E-state index in [9.17, 15) is 13.2 Å². The summed E-state index contributed by atoms with van der Waals surface area (Å²) in [5, 5.41) is 0. The molecule has 1 aromatic carbocycles. The van der Waals surface area contributed by atoms with Gasteiger partial charge in [-0.25, -0.2) is 13.1 Å². The third-order valence-electron chi connectivity index (χ3n) is 6.56. The average molecular weight is 407 g/mol. The number of hydrogen-bond acceptors (Lipinski definition) is 3. The van der Waals surface area contributed by atoms with Crippen LogP contribution in [-0.2, 0) is 14.8 Å². The van der Waals surface area contributed by atoms with Crippen molar-refractivity contribution in [2.75, 3.05) is 13.6 Å². The lowest BCUT2D eigenvalue weighted by Crippen LogP contribution is -2.43. The van der Waals surface area contributed by atoms with Crippen molar-refractivity contribution in [2.24, 2.45) is 11.8 Å². The molecule has 2 aliphatic rings. The number of aryl methyl sites for hydroxylation is 1. The van der Waals surface area contributed by atoms with Crippen LogP contribution in [0, 0.1) is 18.8 Å². The highest BCUT2D eigenvalue weighted by Gasteiger charge is 2.31. The number of nitrogens with one attached hydrogen (secondary N) is 1. The maximum Gasteiger partial charge on any atom is 0.240 e. The van der Waals surface area contributed by atoms with Crippen LogP contribution in [0.15, 0.2) is 29.2 Å². The van der Waals surface area contributed by atoms with Gasteiger partial charge < -0.3 is 4.90 Å². The van der Waals surface area contributed by atoms with E-state index in [1.807, 2.05) is 31.0 Å². The highest BCUT2D eigenvalue weighted by molar-refractivity contribution is 7.89. The van der Waals surface area contributed by atoms with Gasteiger partial charge in [0, 0.05) is 25.6 Å². The SMILES string of the molecule is Cc1ccc(S(=O)(=O)NCC2CCC(C(=O)N(C)C3CCCCC3)CC2)cc1. The maximum atomic E-state index is 12.8. The van der Waals surface area contributed by atoms with Crippen molar-refractivity contribution in [2.45, 2.75) is 75.6 Å². The zero-order valence-electron chi connectivity index (χ0n) is 17.2. The lowest BCUT2D eigenvalue weighted by Gasteiger charge is -2.36. The average Bonchev–Trinajstić information content (AvgIpc) is 2.72. The van der Waals surface area contributed by atoms with E-state index < -0.39 is 10.0 Å². The fourth-order valence-electron chi connectivity index (χ4n) is 4.58. The van der Waals surface area contributed by atoms with Gasteiger partial charge in [-0.2, -0.15) is 0 Å². The minimum absolute atomic E-state index is 0.108. The molecule has 156 valence electrons. The molecule has 0 unspecified atom stereocenters. The molecule has 5 nitrogen and oxygen atoms in total. The number of hydrogen-bond donors (Lipinski definition) is 1. The summed E-state index contributed by atoms with van der Waals surface area (Å²) in [4.78, 5) is 15.2. The smallest absolute Gasteiger partial charge is 0.240 e. The third kappa shape index (κ3) is 5.35. The monoisotopic (exact) mass is 406 g/mol. The van der Waals surface area contributed by atoms with Crippen LogP contribution in [0.2, 0.25) is 0 Å².